The van der Waals surface area contributed by atoms with Gasteiger partial charge in [-0.25, -0.2) is 22.0 Å². The summed E-state index contributed by atoms with van der Waals surface area (Å²) in [5, 5.41) is 9.57. The van der Waals surface area contributed by atoms with Crippen molar-refractivity contribution in [3.8, 4) is 16.9 Å². The van der Waals surface area contributed by atoms with Gasteiger partial charge >= 0.3 is 12.1 Å². The number of ether oxygens (including phenoxy) is 1. The minimum absolute atomic E-state index is 0.0787. The predicted molar refractivity (Wildman–Crippen MR) is 110 cm³/mol. The van der Waals surface area contributed by atoms with E-state index in [1.54, 1.807) is 4.72 Å². The van der Waals surface area contributed by atoms with Crippen LogP contribution in [0.5, 0.6) is 5.75 Å². The third kappa shape index (κ3) is 4.26. The van der Waals surface area contributed by atoms with Crippen LogP contribution in [0.1, 0.15) is 21.5 Å². The van der Waals surface area contributed by atoms with Gasteiger partial charge in [0.15, 0.2) is 5.75 Å². The number of halogens is 6. The molecule has 0 saturated heterocycles. The number of nitrogens with one attached hydrogen (secondary N) is 1. The molecular formula is C21H11ClF5NO5S. The van der Waals surface area contributed by atoms with Crippen LogP contribution in [0.15, 0.2) is 47.4 Å². The molecule has 1 heterocycles. The van der Waals surface area contributed by atoms with Gasteiger partial charge in [0.25, 0.3) is 10.0 Å². The number of carbonyl (C=O) groups is 1. The first-order valence-corrected chi connectivity index (χ1v) is 11.1. The zero-order chi connectivity index (χ0) is 25.0. The molecule has 3 aromatic rings. The van der Waals surface area contributed by atoms with Crippen molar-refractivity contribution in [3.63, 3.8) is 0 Å². The minimum atomic E-state index is -4.82. The number of phenols is 1. The number of benzene rings is 3. The van der Waals surface area contributed by atoms with Gasteiger partial charge in [-0.2, -0.15) is 13.2 Å². The molecule has 2 N–H and O–H groups in total. The Morgan fingerprint density at radius 2 is 1.71 bits per heavy atom. The van der Waals surface area contributed by atoms with E-state index in [0.717, 1.165) is 18.2 Å². The Morgan fingerprint density at radius 3 is 2.38 bits per heavy atom. The van der Waals surface area contributed by atoms with Crippen molar-refractivity contribution in [2.45, 2.75) is 17.7 Å². The number of aromatic hydroxyl groups is 1. The van der Waals surface area contributed by atoms with Gasteiger partial charge in [-0.1, -0.05) is 17.7 Å². The molecule has 0 aromatic heterocycles. The first kappa shape index (κ1) is 23.8. The smallest absolute Gasteiger partial charge is 0.416 e. The second-order valence-electron chi connectivity index (χ2n) is 7.17. The number of hydrogen-bond donors (Lipinski definition) is 2. The van der Waals surface area contributed by atoms with Gasteiger partial charge < -0.3 is 9.84 Å². The third-order valence-corrected chi connectivity index (χ3v) is 6.61. The largest absolute Gasteiger partial charge is 0.505 e. The molecule has 3 aromatic carbocycles. The summed E-state index contributed by atoms with van der Waals surface area (Å²) in [4.78, 5) is 11.6. The zero-order valence-electron chi connectivity index (χ0n) is 16.5. The molecular weight excluding hydrogens is 509 g/mol. The fourth-order valence-corrected chi connectivity index (χ4v) is 4.76. The highest BCUT2D eigenvalue weighted by Crippen LogP contribution is 2.39. The van der Waals surface area contributed by atoms with Crippen molar-refractivity contribution < 1.29 is 45.0 Å². The van der Waals surface area contributed by atoms with Crippen LogP contribution in [0.2, 0.25) is 5.02 Å². The standard InChI is InChI=1S/C21H11ClF5NO5S/c22-14-3-10-4-18(19(14)29)34(31,32)28-17-6-13(15(23)7-16(17)24)12-5-11(21(25,26)27)2-1-9(12)8-33-20(10)30/h1-7,28-29H,8H2. The fraction of sp³-hybridized carbons (Fsp3) is 0.0952. The van der Waals surface area contributed by atoms with E-state index in [1.165, 1.54) is 0 Å². The van der Waals surface area contributed by atoms with Crippen LogP contribution in [0.4, 0.5) is 27.6 Å². The molecule has 178 valence electrons. The lowest BCUT2D eigenvalue weighted by atomic mass is 9.96. The summed E-state index contributed by atoms with van der Waals surface area (Å²) in [7, 11) is -4.81. The Bertz CT molecular complexity index is 1460. The highest BCUT2D eigenvalue weighted by Gasteiger charge is 2.32. The number of sulfonamides is 1. The van der Waals surface area contributed by atoms with Crippen molar-refractivity contribution in [1.82, 2.24) is 0 Å². The number of hydrogen-bond acceptors (Lipinski definition) is 5. The molecule has 34 heavy (non-hydrogen) atoms. The number of carbonyl (C=O) groups excluding carboxylic acids is 1. The van der Waals surface area contributed by atoms with Crippen LogP contribution in [0.3, 0.4) is 0 Å². The lowest BCUT2D eigenvalue weighted by Crippen LogP contribution is -2.15. The fourth-order valence-electron chi connectivity index (χ4n) is 3.29. The molecule has 1 aliphatic rings. The van der Waals surface area contributed by atoms with Crippen LogP contribution in [0, 0.1) is 11.6 Å². The second kappa shape index (κ2) is 8.13. The summed E-state index contributed by atoms with van der Waals surface area (Å²) in [5.41, 5.74) is -3.50. The monoisotopic (exact) mass is 519 g/mol. The first-order valence-electron chi connectivity index (χ1n) is 9.20. The topological polar surface area (TPSA) is 92.7 Å². The lowest BCUT2D eigenvalue weighted by molar-refractivity contribution is -0.137. The number of cyclic esters (lactones) is 1. The Labute approximate surface area is 193 Å². The molecule has 0 saturated carbocycles. The van der Waals surface area contributed by atoms with Gasteiger partial charge in [-0.15, -0.1) is 0 Å². The first-order chi connectivity index (χ1) is 15.8. The summed E-state index contributed by atoms with van der Waals surface area (Å²) < 4.78 is 102. The number of rotatable bonds is 0. The SMILES string of the molecule is O=C1OCc2ccc(C(F)(F)F)cc2-c2cc(c(F)cc2F)NS(=O)(=O)c2cc1cc(Cl)c2O. The molecule has 0 fully saturated rings. The highest BCUT2D eigenvalue weighted by atomic mass is 35.5. The average molecular weight is 520 g/mol. The molecule has 13 heteroatoms. The van der Waals surface area contributed by atoms with Gasteiger partial charge in [0, 0.05) is 11.6 Å². The number of phenolic OH excluding ortho intramolecular Hbond substituents is 1. The maximum absolute atomic E-state index is 14.7. The number of anilines is 1. The summed E-state index contributed by atoms with van der Waals surface area (Å²) in [6, 6.07) is 4.78. The van der Waals surface area contributed by atoms with Crippen molar-refractivity contribution in [2.24, 2.45) is 0 Å². The van der Waals surface area contributed by atoms with Crippen molar-refractivity contribution in [3.05, 3.63) is 75.8 Å². The van der Waals surface area contributed by atoms with E-state index in [2.05, 4.69) is 0 Å². The lowest BCUT2D eigenvalue weighted by Gasteiger charge is -2.16. The summed E-state index contributed by atoms with van der Waals surface area (Å²) in [5.74, 6) is -4.78. The van der Waals surface area contributed by atoms with E-state index in [4.69, 9.17) is 16.3 Å². The average Bonchev–Trinajstić information content (AvgIpc) is 2.74. The molecule has 0 unspecified atom stereocenters. The highest BCUT2D eigenvalue weighted by molar-refractivity contribution is 7.92. The molecule has 6 nitrogen and oxygen atoms in total. The number of esters is 1. The molecule has 0 radical (unpaired) electrons. The van der Waals surface area contributed by atoms with Gasteiger partial charge in [0.2, 0.25) is 0 Å². The number of fused-ring (bicyclic) bond motifs is 6. The van der Waals surface area contributed by atoms with E-state index < -0.39 is 84.0 Å². The van der Waals surface area contributed by atoms with E-state index in [1.807, 2.05) is 0 Å². The summed E-state index contributed by atoms with van der Waals surface area (Å²) in [6.45, 7) is -0.646. The maximum atomic E-state index is 14.7. The Hall–Kier alpha value is -3.38. The Kier molecular flexibility index (Phi) is 5.68. The quantitative estimate of drug-likeness (QED) is 0.303. The van der Waals surface area contributed by atoms with Crippen LogP contribution < -0.4 is 4.72 Å². The minimum Gasteiger partial charge on any atom is -0.505 e. The third-order valence-electron chi connectivity index (χ3n) is 4.94. The van der Waals surface area contributed by atoms with Crippen molar-refractivity contribution in [1.29, 1.82) is 0 Å². The van der Waals surface area contributed by atoms with Gasteiger partial charge in [-0.3, -0.25) is 4.72 Å². The molecule has 4 bridgehead atoms. The molecule has 1 aliphatic heterocycles. The van der Waals surface area contributed by atoms with E-state index in [0.29, 0.717) is 18.2 Å². The van der Waals surface area contributed by atoms with Crippen molar-refractivity contribution >= 4 is 33.3 Å². The van der Waals surface area contributed by atoms with Crippen LogP contribution in [-0.4, -0.2) is 19.5 Å². The summed E-state index contributed by atoms with van der Waals surface area (Å²) in [6.07, 6.45) is -4.82. The molecule has 4 rings (SSSR count). The van der Waals surface area contributed by atoms with E-state index in [-0.39, 0.29) is 11.6 Å². The maximum Gasteiger partial charge on any atom is 0.416 e. The van der Waals surface area contributed by atoms with Crippen LogP contribution >= 0.6 is 11.6 Å². The normalized spacial score (nSPS) is 15.2. The second-order valence-corrected chi connectivity index (χ2v) is 9.23. The van der Waals surface area contributed by atoms with Gasteiger partial charge in [-0.05, 0) is 41.5 Å². The Morgan fingerprint density at radius 1 is 1.00 bits per heavy atom. The molecule has 0 amide bonds. The molecule has 0 spiro atoms. The van der Waals surface area contributed by atoms with Crippen molar-refractivity contribution in [2.75, 3.05) is 4.72 Å². The number of alkyl halides is 3. The molecule has 0 atom stereocenters. The zero-order valence-corrected chi connectivity index (χ0v) is 18.1. The van der Waals surface area contributed by atoms with E-state index in [9.17, 15) is 40.3 Å². The summed E-state index contributed by atoms with van der Waals surface area (Å²) >= 11 is 5.83. The van der Waals surface area contributed by atoms with Crippen LogP contribution in [-0.2, 0) is 27.5 Å². The predicted octanol–water partition coefficient (Wildman–Crippen LogP) is 5.48. The van der Waals surface area contributed by atoms with Crippen LogP contribution in [0.25, 0.3) is 11.1 Å². The molecule has 0 aliphatic carbocycles. The van der Waals surface area contributed by atoms with Gasteiger partial charge in [0.05, 0.1) is 21.8 Å². The van der Waals surface area contributed by atoms with Gasteiger partial charge in [0.1, 0.15) is 23.1 Å². The van der Waals surface area contributed by atoms with E-state index >= 15 is 0 Å². The Balaban J connectivity index is 2.02.